The molecule has 4 nitrogen and oxygen atoms in total. The molecule has 3 N–H and O–H groups in total. The van der Waals surface area contributed by atoms with Gasteiger partial charge in [0.2, 0.25) is 5.91 Å². The maximum Gasteiger partial charge on any atom is 0.225 e. The Morgan fingerprint density at radius 3 is 2.50 bits per heavy atom. The van der Waals surface area contributed by atoms with E-state index in [-0.39, 0.29) is 17.9 Å². The number of carbonyl (C=O) groups is 1. The van der Waals surface area contributed by atoms with Crippen molar-refractivity contribution in [3.63, 3.8) is 0 Å². The largest absolute Gasteiger partial charge is 0.352 e. The van der Waals surface area contributed by atoms with Crippen molar-refractivity contribution in [3.05, 3.63) is 66.0 Å². The van der Waals surface area contributed by atoms with Gasteiger partial charge in [-0.1, -0.05) is 37.3 Å². The van der Waals surface area contributed by atoms with E-state index in [9.17, 15) is 4.79 Å². The Morgan fingerprint density at radius 2 is 1.85 bits per heavy atom. The molecule has 0 bridgehead atoms. The Morgan fingerprint density at radius 1 is 1.20 bits per heavy atom. The van der Waals surface area contributed by atoms with Crippen molar-refractivity contribution in [2.45, 2.75) is 19.5 Å². The van der Waals surface area contributed by atoms with Crippen LogP contribution in [0, 0.1) is 5.92 Å². The number of hydrogen-bond acceptors (Lipinski definition) is 3. The Hall–Kier alpha value is -2.20. The normalized spacial score (nSPS) is 13.5. The van der Waals surface area contributed by atoms with Crippen LogP contribution in [0.15, 0.2) is 54.9 Å². The van der Waals surface area contributed by atoms with Gasteiger partial charge in [0, 0.05) is 25.0 Å². The molecule has 104 valence electrons. The quantitative estimate of drug-likeness (QED) is 0.872. The van der Waals surface area contributed by atoms with Crippen molar-refractivity contribution in [1.29, 1.82) is 0 Å². The summed E-state index contributed by atoms with van der Waals surface area (Å²) >= 11 is 0. The maximum absolute atomic E-state index is 12.1. The van der Waals surface area contributed by atoms with Gasteiger partial charge < -0.3 is 11.1 Å². The molecular weight excluding hydrogens is 250 g/mol. The van der Waals surface area contributed by atoms with Crippen LogP contribution < -0.4 is 11.1 Å². The lowest BCUT2D eigenvalue weighted by Crippen LogP contribution is -2.35. The molecule has 4 heteroatoms. The third-order valence-electron chi connectivity index (χ3n) is 3.35. The lowest BCUT2D eigenvalue weighted by molar-refractivity contribution is -0.125. The van der Waals surface area contributed by atoms with Gasteiger partial charge in [0.05, 0.1) is 5.92 Å². The number of carbonyl (C=O) groups excluding carboxylic acids is 1. The molecule has 1 aromatic heterocycles. The zero-order chi connectivity index (χ0) is 14.4. The summed E-state index contributed by atoms with van der Waals surface area (Å²) in [4.78, 5) is 16.1. The first-order chi connectivity index (χ1) is 9.68. The highest BCUT2D eigenvalue weighted by atomic mass is 16.1. The van der Waals surface area contributed by atoms with E-state index in [1.54, 1.807) is 12.4 Å². The van der Waals surface area contributed by atoms with Crippen LogP contribution in [0.3, 0.4) is 0 Å². The summed E-state index contributed by atoms with van der Waals surface area (Å²) in [6, 6.07) is 13.1. The fourth-order valence-electron chi connectivity index (χ4n) is 1.98. The van der Waals surface area contributed by atoms with Crippen LogP contribution in [0.1, 0.15) is 24.1 Å². The molecule has 20 heavy (non-hydrogen) atoms. The van der Waals surface area contributed by atoms with Crippen molar-refractivity contribution < 1.29 is 4.79 Å². The minimum atomic E-state index is -0.298. The molecule has 1 aromatic carbocycles. The molecule has 0 aliphatic rings. The molecular formula is C16H19N3O. The van der Waals surface area contributed by atoms with Gasteiger partial charge in [-0.15, -0.1) is 0 Å². The van der Waals surface area contributed by atoms with E-state index in [1.165, 1.54) is 0 Å². The van der Waals surface area contributed by atoms with Crippen molar-refractivity contribution in [1.82, 2.24) is 10.3 Å². The molecule has 1 amide bonds. The number of nitrogens with one attached hydrogen (secondary N) is 1. The van der Waals surface area contributed by atoms with Gasteiger partial charge in [0.25, 0.3) is 0 Å². The molecule has 2 aromatic rings. The first-order valence-electron chi connectivity index (χ1n) is 6.65. The van der Waals surface area contributed by atoms with Crippen molar-refractivity contribution >= 4 is 5.91 Å². The molecule has 0 aliphatic heterocycles. The number of amides is 1. The highest BCUT2D eigenvalue weighted by Crippen LogP contribution is 2.19. The summed E-state index contributed by atoms with van der Waals surface area (Å²) < 4.78 is 0. The molecule has 2 atom stereocenters. The van der Waals surface area contributed by atoms with Crippen LogP contribution in [-0.2, 0) is 11.3 Å². The second kappa shape index (κ2) is 6.82. The zero-order valence-electron chi connectivity index (χ0n) is 11.5. The number of benzene rings is 1. The Kier molecular flexibility index (Phi) is 4.85. The molecule has 2 unspecified atom stereocenters. The highest BCUT2D eigenvalue weighted by molar-refractivity contribution is 5.79. The second-order valence-electron chi connectivity index (χ2n) is 4.80. The fourth-order valence-corrected chi connectivity index (χ4v) is 1.98. The Bertz CT molecular complexity index is 542. The van der Waals surface area contributed by atoms with E-state index < -0.39 is 0 Å². The summed E-state index contributed by atoms with van der Waals surface area (Å²) in [6.45, 7) is 2.34. The number of nitrogens with zero attached hydrogens (tertiary/aromatic N) is 1. The zero-order valence-corrected chi connectivity index (χ0v) is 11.5. The molecule has 0 fully saturated rings. The summed E-state index contributed by atoms with van der Waals surface area (Å²) in [5.41, 5.74) is 8.13. The summed E-state index contributed by atoms with van der Waals surface area (Å²) in [7, 11) is 0. The standard InChI is InChI=1S/C16H19N3O/c1-12(15(17)14-5-3-2-4-6-14)16(20)19-11-13-7-9-18-10-8-13/h2-10,12,15H,11,17H2,1H3,(H,19,20). The van der Waals surface area contributed by atoms with Gasteiger partial charge >= 0.3 is 0 Å². The van der Waals surface area contributed by atoms with Crippen LogP contribution >= 0.6 is 0 Å². The molecule has 0 saturated heterocycles. The first kappa shape index (κ1) is 14.2. The number of rotatable bonds is 5. The van der Waals surface area contributed by atoms with Crippen LogP contribution in [0.4, 0.5) is 0 Å². The van der Waals surface area contributed by atoms with E-state index >= 15 is 0 Å². The number of nitrogens with two attached hydrogens (primary N) is 1. The van der Waals surface area contributed by atoms with Crippen LogP contribution in [0.2, 0.25) is 0 Å². The average molecular weight is 269 g/mol. The van der Waals surface area contributed by atoms with Crippen molar-refractivity contribution in [2.75, 3.05) is 0 Å². The van der Waals surface area contributed by atoms with E-state index in [2.05, 4.69) is 10.3 Å². The minimum absolute atomic E-state index is 0.0434. The monoisotopic (exact) mass is 269 g/mol. The van der Waals surface area contributed by atoms with Gasteiger partial charge in [-0.05, 0) is 23.3 Å². The smallest absolute Gasteiger partial charge is 0.225 e. The van der Waals surface area contributed by atoms with Crippen molar-refractivity contribution in [3.8, 4) is 0 Å². The SMILES string of the molecule is CC(C(=O)NCc1ccncc1)C(N)c1ccccc1. The van der Waals surface area contributed by atoms with E-state index in [1.807, 2.05) is 49.4 Å². The van der Waals surface area contributed by atoms with Gasteiger partial charge in [0.15, 0.2) is 0 Å². The molecule has 2 rings (SSSR count). The van der Waals surface area contributed by atoms with E-state index in [0.717, 1.165) is 11.1 Å². The first-order valence-corrected chi connectivity index (χ1v) is 6.65. The van der Waals surface area contributed by atoms with Crippen molar-refractivity contribution in [2.24, 2.45) is 11.7 Å². The molecule has 0 aliphatic carbocycles. The average Bonchev–Trinajstić information content (AvgIpc) is 2.53. The van der Waals surface area contributed by atoms with E-state index in [0.29, 0.717) is 6.54 Å². The lowest BCUT2D eigenvalue weighted by Gasteiger charge is -2.19. The summed E-state index contributed by atoms with van der Waals surface area (Å²) in [5.74, 6) is -0.322. The van der Waals surface area contributed by atoms with E-state index in [4.69, 9.17) is 5.73 Å². The van der Waals surface area contributed by atoms with Crippen LogP contribution in [0.25, 0.3) is 0 Å². The predicted octanol–water partition coefficient (Wildman–Crippen LogP) is 2.03. The topological polar surface area (TPSA) is 68.0 Å². The molecule has 0 radical (unpaired) electrons. The minimum Gasteiger partial charge on any atom is -0.352 e. The number of aromatic nitrogens is 1. The number of pyridine rings is 1. The summed E-state index contributed by atoms with van der Waals surface area (Å²) in [6.07, 6.45) is 3.42. The highest BCUT2D eigenvalue weighted by Gasteiger charge is 2.21. The Labute approximate surface area is 119 Å². The van der Waals surface area contributed by atoms with Gasteiger partial charge in [-0.25, -0.2) is 0 Å². The molecule has 1 heterocycles. The second-order valence-corrected chi connectivity index (χ2v) is 4.80. The van der Waals surface area contributed by atoms with Gasteiger partial charge in [0.1, 0.15) is 0 Å². The third-order valence-corrected chi connectivity index (χ3v) is 3.35. The van der Waals surface area contributed by atoms with Crippen LogP contribution in [-0.4, -0.2) is 10.9 Å². The summed E-state index contributed by atoms with van der Waals surface area (Å²) in [5, 5.41) is 2.90. The van der Waals surface area contributed by atoms with Gasteiger partial charge in [-0.2, -0.15) is 0 Å². The number of hydrogen-bond donors (Lipinski definition) is 2. The molecule has 0 saturated carbocycles. The lowest BCUT2D eigenvalue weighted by atomic mass is 9.94. The fraction of sp³-hybridized carbons (Fsp3) is 0.250. The predicted molar refractivity (Wildman–Crippen MR) is 78.6 cm³/mol. The maximum atomic E-state index is 12.1. The van der Waals surface area contributed by atoms with Gasteiger partial charge in [-0.3, -0.25) is 9.78 Å². The third kappa shape index (κ3) is 3.65. The van der Waals surface area contributed by atoms with Crippen LogP contribution in [0.5, 0.6) is 0 Å². The molecule has 0 spiro atoms. The Balaban J connectivity index is 1.92.